The lowest BCUT2D eigenvalue weighted by atomic mass is 9.76. The van der Waals surface area contributed by atoms with E-state index in [4.69, 9.17) is 4.74 Å². The lowest BCUT2D eigenvalue weighted by molar-refractivity contribution is -0.129. The zero-order chi connectivity index (χ0) is 28.1. The number of carbonyl (C=O) groups is 2. The van der Waals surface area contributed by atoms with Gasteiger partial charge in [0.25, 0.3) is 5.91 Å². The SMILES string of the molecule is CC1(C)CCN(C(C)(C)C=C(C#N)C(=O)N2CCCC(OC(=O)N[C@@H](Cc3ccc(F)cc3)B(O)O)C2)C1. The van der Waals surface area contributed by atoms with Crippen LogP contribution in [0, 0.1) is 22.6 Å². The summed E-state index contributed by atoms with van der Waals surface area (Å²) < 4.78 is 18.6. The standard InChI is InChI=1S/C27H38BFN4O5/c1-26(2)11-13-33(18-26)27(3,4)15-20(16-30)24(34)32-12-5-6-22(17-32)38-25(35)31-23(28(36)37)14-19-7-9-21(29)10-8-19/h7-10,15,22-23,36-37H,5-6,11-14,17-18H2,1-4H3,(H,31,35)/t22?,23-/m0/s1. The van der Waals surface area contributed by atoms with Crippen molar-refractivity contribution in [3.05, 3.63) is 47.3 Å². The number of benzene rings is 1. The van der Waals surface area contributed by atoms with Crippen LogP contribution in [0.5, 0.6) is 0 Å². The molecular weight excluding hydrogens is 490 g/mol. The summed E-state index contributed by atoms with van der Waals surface area (Å²) >= 11 is 0. The number of rotatable bonds is 8. The van der Waals surface area contributed by atoms with Gasteiger partial charge < -0.3 is 25.0 Å². The van der Waals surface area contributed by atoms with Crippen LogP contribution >= 0.6 is 0 Å². The molecule has 2 amide bonds. The molecule has 3 rings (SSSR count). The Hall–Kier alpha value is -2.94. The molecule has 0 aromatic heterocycles. The van der Waals surface area contributed by atoms with E-state index in [9.17, 15) is 29.3 Å². The topological polar surface area (TPSA) is 126 Å². The van der Waals surface area contributed by atoms with Crippen LogP contribution in [0.2, 0.25) is 0 Å². The molecule has 0 spiro atoms. The van der Waals surface area contributed by atoms with Gasteiger partial charge in [0.15, 0.2) is 0 Å². The second-order valence-corrected chi connectivity index (χ2v) is 11.6. The van der Waals surface area contributed by atoms with Crippen molar-refractivity contribution in [3.63, 3.8) is 0 Å². The van der Waals surface area contributed by atoms with E-state index in [1.54, 1.807) is 6.08 Å². The van der Waals surface area contributed by atoms with E-state index < -0.39 is 42.5 Å². The molecule has 2 fully saturated rings. The number of nitrogens with one attached hydrogen (secondary N) is 1. The summed E-state index contributed by atoms with van der Waals surface area (Å²) in [5, 5.41) is 31.6. The fraction of sp³-hybridized carbons (Fsp3) is 0.593. The van der Waals surface area contributed by atoms with Crippen molar-refractivity contribution in [3.8, 4) is 6.07 Å². The maximum atomic E-state index is 13.2. The molecule has 1 aromatic rings. The van der Waals surface area contributed by atoms with E-state index in [2.05, 4.69) is 30.1 Å². The van der Waals surface area contributed by atoms with E-state index in [1.807, 2.05) is 13.8 Å². The molecular formula is C27H38BFN4O5. The molecule has 2 saturated heterocycles. The third kappa shape index (κ3) is 8.03. The fourth-order valence-corrected chi connectivity index (χ4v) is 5.02. The third-order valence-electron chi connectivity index (χ3n) is 7.31. The van der Waals surface area contributed by atoms with Gasteiger partial charge in [-0.15, -0.1) is 0 Å². The molecule has 0 saturated carbocycles. The van der Waals surface area contributed by atoms with Gasteiger partial charge in [0.05, 0.1) is 12.5 Å². The Morgan fingerprint density at radius 2 is 2.00 bits per heavy atom. The molecule has 0 bridgehead atoms. The molecule has 2 heterocycles. The number of carbonyl (C=O) groups excluding carboxylic acids is 2. The number of amides is 2. The van der Waals surface area contributed by atoms with E-state index in [0.717, 1.165) is 19.5 Å². The van der Waals surface area contributed by atoms with Crippen LogP contribution < -0.4 is 5.32 Å². The molecule has 9 nitrogen and oxygen atoms in total. The molecule has 206 valence electrons. The first-order valence-electron chi connectivity index (χ1n) is 13.0. The number of hydrogen-bond acceptors (Lipinski definition) is 7. The summed E-state index contributed by atoms with van der Waals surface area (Å²) in [6.45, 7) is 10.8. The van der Waals surface area contributed by atoms with Gasteiger partial charge in [0, 0.05) is 18.6 Å². The van der Waals surface area contributed by atoms with Crippen molar-refractivity contribution < 1.29 is 28.8 Å². The second kappa shape index (κ2) is 12.3. The van der Waals surface area contributed by atoms with E-state index in [-0.39, 0.29) is 24.0 Å². The third-order valence-corrected chi connectivity index (χ3v) is 7.31. The van der Waals surface area contributed by atoms with Gasteiger partial charge in [-0.05, 0) is 75.3 Å². The minimum Gasteiger partial charge on any atom is -0.444 e. The first kappa shape index (κ1) is 29.6. The largest absolute Gasteiger partial charge is 0.475 e. The summed E-state index contributed by atoms with van der Waals surface area (Å²) in [6, 6.07) is 7.55. The van der Waals surface area contributed by atoms with Crippen LogP contribution in [-0.2, 0) is 16.0 Å². The lowest BCUT2D eigenvalue weighted by Crippen LogP contribution is -2.50. The normalized spacial score (nSPS) is 20.9. The van der Waals surface area contributed by atoms with Crippen LogP contribution in [0.15, 0.2) is 35.9 Å². The number of piperidine rings is 1. The molecule has 1 unspecified atom stereocenters. The van der Waals surface area contributed by atoms with Crippen LogP contribution in [0.4, 0.5) is 9.18 Å². The smallest absolute Gasteiger partial charge is 0.444 e. The Kier molecular flexibility index (Phi) is 9.57. The highest BCUT2D eigenvalue weighted by molar-refractivity contribution is 6.43. The zero-order valence-electron chi connectivity index (χ0n) is 22.6. The summed E-state index contributed by atoms with van der Waals surface area (Å²) in [6.07, 6.45) is 2.50. The zero-order valence-corrected chi connectivity index (χ0v) is 22.6. The molecule has 2 aliphatic rings. The number of hydrogen-bond donors (Lipinski definition) is 3. The van der Waals surface area contributed by atoms with E-state index >= 15 is 0 Å². The van der Waals surface area contributed by atoms with E-state index in [0.29, 0.717) is 24.9 Å². The quantitative estimate of drug-likeness (QED) is 0.269. The van der Waals surface area contributed by atoms with Crippen molar-refractivity contribution in [2.45, 2.75) is 71.0 Å². The highest BCUT2D eigenvalue weighted by atomic mass is 19.1. The maximum Gasteiger partial charge on any atom is 0.475 e. The summed E-state index contributed by atoms with van der Waals surface area (Å²) in [4.78, 5) is 29.6. The lowest BCUT2D eigenvalue weighted by Gasteiger charge is -2.35. The summed E-state index contributed by atoms with van der Waals surface area (Å²) in [5.41, 5.74) is 0.387. The Bertz CT molecular complexity index is 1070. The molecule has 1 aromatic carbocycles. The predicted octanol–water partition coefficient (Wildman–Crippen LogP) is 2.43. The van der Waals surface area contributed by atoms with Gasteiger partial charge >= 0.3 is 13.2 Å². The molecule has 38 heavy (non-hydrogen) atoms. The molecule has 0 aliphatic carbocycles. The van der Waals surface area contributed by atoms with Gasteiger partial charge in [-0.25, -0.2) is 9.18 Å². The highest BCUT2D eigenvalue weighted by Crippen LogP contribution is 2.34. The number of alkyl carbamates (subject to hydrolysis) is 1. The molecule has 2 aliphatic heterocycles. The minimum absolute atomic E-state index is 0.0582. The van der Waals surface area contributed by atoms with Crippen LogP contribution in [0.1, 0.15) is 52.5 Å². The van der Waals surface area contributed by atoms with Crippen molar-refractivity contribution in [1.82, 2.24) is 15.1 Å². The molecule has 0 radical (unpaired) electrons. The number of ether oxygens (including phenoxy) is 1. The monoisotopic (exact) mass is 528 g/mol. The number of nitrogens with zero attached hydrogens (tertiary/aromatic N) is 3. The van der Waals surface area contributed by atoms with Gasteiger partial charge in [0.1, 0.15) is 23.6 Å². The Balaban J connectivity index is 1.59. The van der Waals surface area contributed by atoms with Crippen molar-refractivity contribution in [2.75, 3.05) is 26.2 Å². The highest BCUT2D eigenvalue weighted by Gasteiger charge is 2.38. The van der Waals surface area contributed by atoms with Crippen molar-refractivity contribution in [1.29, 1.82) is 5.26 Å². The maximum absolute atomic E-state index is 13.2. The Labute approximate surface area is 224 Å². The first-order valence-corrected chi connectivity index (χ1v) is 13.0. The van der Waals surface area contributed by atoms with Gasteiger partial charge in [-0.2, -0.15) is 5.26 Å². The molecule has 3 N–H and O–H groups in total. The van der Waals surface area contributed by atoms with Crippen molar-refractivity contribution >= 4 is 19.1 Å². The Morgan fingerprint density at radius 1 is 1.32 bits per heavy atom. The van der Waals surface area contributed by atoms with Gasteiger partial charge in [-0.3, -0.25) is 9.69 Å². The average Bonchev–Trinajstić information content (AvgIpc) is 3.23. The molecule has 11 heteroatoms. The number of likely N-dealkylation sites (tertiary alicyclic amines) is 2. The van der Waals surface area contributed by atoms with Gasteiger partial charge in [-0.1, -0.05) is 26.0 Å². The fourth-order valence-electron chi connectivity index (χ4n) is 5.02. The van der Waals surface area contributed by atoms with Crippen LogP contribution in [0.25, 0.3) is 0 Å². The number of nitriles is 1. The van der Waals surface area contributed by atoms with Crippen LogP contribution in [0.3, 0.4) is 0 Å². The summed E-state index contributed by atoms with van der Waals surface area (Å²) in [5.74, 6) is -1.88. The minimum atomic E-state index is -1.86. The van der Waals surface area contributed by atoms with Crippen molar-refractivity contribution in [2.24, 2.45) is 5.41 Å². The summed E-state index contributed by atoms with van der Waals surface area (Å²) in [7, 11) is -1.86. The van der Waals surface area contributed by atoms with Crippen LogP contribution in [-0.4, -0.2) is 82.7 Å². The first-order chi connectivity index (χ1) is 17.8. The van der Waals surface area contributed by atoms with Gasteiger partial charge in [0.2, 0.25) is 0 Å². The predicted molar refractivity (Wildman–Crippen MR) is 141 cm³/mol. The second-order valence-electron chi connectivity index (χ2n) is 11.6. The number of halogens is 1. The molecule has 2 atom stereocenters. The Morgan fingerprint density at radius 3 is 2.58 bits per heavy atom. The van der Waals surface area contributed by atoms with E-state index in [1.165, 1.54) is 29.2 Å². The average molecular weight is 528 g/mol.